The predicted octanol–water partition coefficient (Wildman–Crippen LogP) is 5.03. The fraction of sp³-hybridized carbons (Fsp3) is 0.194. The zero-order valence-corrected chi connectivity index (χ0v) is 21.3. The molecule has 0 bridgehead atoms. The van der Waals surface area contributed by atoms with Gasteiger partial charge in [0.2, 0.25) is 0 Å². The molecule has 0 radical (unpaired) electrons. The molecule has 1 saturated heterocycles. The molecule has 1 amide bonds. The molecule has 5 aromatic rings. The van der Waals surface area contributed by atoms with E-state index in [9.17, 15) is 4.79 Å². The van der Waals surface area contributed by atoms with Crippen molar-refractivity contribution in [2.24, 2.45) is 0 Å². The third kappa shape index (κ3) is 4.88. The Bertz CT molecular complexity index is 1560. The Labute approximate surface area is 221 Å². The average molecular weight is 504 g/mol. The van der Waals surface area contributed by atoms with Gasteiger partial charge in [0.15, 0.2) is 5.65 Å². The Morgan fingerprint density at radius 3 is 2.24 bits per heavy atom. The second-order valence-corrected chi connectivity index (χ2v) is 9.48. The molecule has 1 fully saturated rings. The molecule has 1 aliphatic rings. The number of hydrogen-bond donors (Lipinski definition) is 0. The average Bonchev–Trinajstić information content (AvgIpc) is 3.42. The second kappa shape index (κ2) is 10.5. The first-order valence-corrected chi connectivity index (χ1v) is 12.8. The van der Waals surface area contributed by atoms with Gasteiger partial charge >= 0.3 is 0 Å². The summed E-state index contributed by atoms with van der Waals surface area (Å²) in [5, 5.41) is 4.81. The zero-order chi connectivity index (χ0) is 25.9. The number of carbonyl (C=O) groups is 1. The van der Waals surface area contributed by atoms with E-state index in [0.717, 1.165) is 42.2 Å². The summed E-state index contributed by atoms with van der Waals surface area (Å²) in [6, 6.07) is 32.0. The summed E-state index contributed by atoms with van der Waals surface area (Å²) in [4.78, 5) is 23.1. The van der Waals surface area contributed by atoms with Crippen molar-refractivity contribution in [1.82, 2.24) is 24.4 Å². The van der Waals surface area contributed by atoms with Crippen molar-refractivity contribution in [1.29, 1.82) is 0 Å². The molecule has 3 heterocycles. The van der Waals surface area contributed by atoms with Gasteiger partial charge in [-0.1, -0.05) is 72.8 Å². The quantitative estimate of drug-likeness (QED) is 0.325. The van der Waals surface area contributed by atoms with E-state index >= 15 is 0 Å². The summed E-state index contributed by atoms with van der Waals surface area (Å²) in [7, 11) is 1.64. The van der Waals surface area contributed by atoms with Gasteiger partial charge in [-0.2, -0.15) is 5.10 Å². The number of nitrogens with zero attached hydrogens (tertiary/aromatic N) is 5. The maximum absolute atomic E-state index is 13.9. The van der Waals surface area contributed by atoms with Crippen molar-refractivity contribution >= 4 is 11.6 Å². The molecule has 0 aliphatic carbocycles. The van der Waals surface area contributed by atoms with Gasteiger partial charge in [-0.25, -0.2) is 9.50 Å². The van der Waals surface area contributed by atoms with Crippen LogP contribution in [0.5, 0.6) is 5.75 Å². The highest BCUT2D eigenvalue weighted by Gasteiger charge is 2.26. The van der Waals surface area contributed by atoms with Crippen molar-refractivity contribution in [3.05, 3.63) is 108 Å². The lowest BCUT2D eigenvalue weighted by Gasteiger charge is -2.34. The normalized spacial score (nSPS) is 14.1. The Kier molecular flexibility index (Phi) is 6.58. The van der Waals surface area contributed by atoms with Gasteiger partial charge in [-0.15, -0.1) is 0 Å². The lowest BCUT2D eigenvalue weighted by atomic mass is 10.1. The molecule has 2 aromatic heterocycles. The molecule has 190 valence electrons. The van der Waals surface area contributed by atoms with E-state index in [4.69, 9.17) is 14.8 Å². The summed E-state index contributed by atoms with van der Waals surface area (Å²) < 4.78 is 7.11. The lowest BCUT2D eigenvalue weighted by Crippen LogP contribution is -2.48. The van der Waals surface area contributed by atoms with Crippen LogP contribution in [0.15, 0.2) is 97.1 Å². The van der Waals surface area contributed by atoms with Crippen LogP contribution in [-0.2, 0) is 6.54 Å². The van der Waals surface area contributed by atoms with Gasteiger partial charge in [0.25, 0.3) is 5.91 Å². The molecule has 0 N–H and O–H groups in total. The summed E-state index contributed by atoms with van der Waals surface area (Å²) in [6.07, 6.45) is 0. The number of benzene rings is 3. The van der Waals surface area contributed by atoms with Gasteiger partial charge in [0, 0.05) is 49.9 Å². The Hall–Kier alpha value is -4.49. The molecule has 6 rings (SSSR count). The smallest absolute Gasteiger partial charge is 0.272 e. The molecule has 0 spiro atoms. The number of methoxy groups -OCH3 is 1. The Balaban J connectivity index is 1.33. The maximum atomic E-state index is 13.9. The van der Waals surface area contributed by atoms with Crippen LogP contribution in [0.2, 0.25) is 0 Å². The number of amides is 1. The van der Waals surface area contributed by atoms with E-state index in [0.29, 0.717) is 30.1 Å². The molecular weight excluding hydrogens is 474 g/mol. The summed E-state index contributed by atoms with van der Waals surface area (Å²) in [5.74, 6) is 0.702. The van der Waals surface area contributed by atoms with Crippen LogP contribution in [-0.4, -0.2) is 63.6 Å². The highest BCUT2D eigenvalue weighted by atomic mass is 16.5. The van der Waals surface area contributed by atoms with Gasteiger partial charge in [-0.3, -0.25) is 9.69 Å². The number of hydrogen-bond acceptors (Lipinski definition) is 5. The number of rotatable bonds is 6. The molecule has 0 atom stereocenters. The first kappa shape index (κ1) is 23.9. The minimum absolute atomic E-state index is 0.0383. The molecule has 1 aliphatic heterocycles. The first-order valence-electron chi connectivity index (χ1n) is 12.8. The largest absolute Gasteiger partial charge is 0.497 e. The van der Waals surface area contributed by atoms with E-state index < -0.39 is 0 Å². The summed E-state index contributed by atoms with van der Waals surface area (Å²) in [5.41, 5.74) is 5.78. The zero-order valence-electron chi connectivity index (χ0n) is 21.3. The Morgan fingerprint density at radius 2 is 1.50 bits per heavy atom. The third-order valence-corrected chi connectivity index (χ3v) is 6.99. The molecule has 3 aromatic carbocycles. The number of fused-ring (bicyclic) bond motifs is 1. The second-order valence-electron chi connectivity index (χ2n) is 9.48. The topological polar surface area (TPSA) is 63.0 Å². The maximum Gasteiger partial charge on any atom is 0.272 e. The van der Waals surface area contributed by atoms with E-state index in [-0.39, 0.29) is 5.91 Å². The van der Waals surface area contributed by atoms with Crippen molar-refractivity contribution in [2.75, 3.05) is 33.3 Å². The van der Waals surface area contributed by atoms with Crippen LogP contribution < -0.4 is 4.74 Å². The molecule has 0 unspecified atom stereocenters. The molecule has 0 saturated carbocycles. The van der Waals surface area contributed by atoms with E-state index in [1.807, 2.05) is 77.7 Å². The fourth-order valence-corrected chi connectivity index (χ4v) is 4.92. The van der Waals surface area contributed by atoms with Crippen LogP contribution in [0.1, 0.15) is 16.1 Å². The molecule has 7 heteroatoms. The number of carbonyl (C=O) groups excluding carboxylic acids is 1. The van der Waals surface area contributed by atoms with E-state index in [2.05, 4.69) is 29.2 Å². The van der Waals surface area contributed by atoms with Crippen molar-refractivity contribution < 1.29 is 9.53 Å². The highest BCUT2D eigenvalue weighted by Crippen LogP contribution is 2.27. The van der Waals surface area contributed by atoms with Crippen molar-refractivity contribution in [3.8, 4) is 28.3 Å². The summed E-state index contributed by atoms with van der Waals surface area (Å²) >= 11 is 0. The van der Waals surface area contributed by atoms with Crippen LogP contribution in [0, 0.1) is 0 Å². The van der Waals surface area contributed by atoms with Gasteiger partial charge in [-0.05, 0) is 23.8 Å². The SMILES string of the molecule is COc1cccc(-c2cc(C(=O)N3CCN(Cc4ccccc4)CC3)n3nc(-c4ccccc4)cc3n2)c1. The van der Waals surface area contributed by atoms with E-state index in [1.54, 1.807) is 11.6 Å². The molecule has 38 heavy (non-hydrogen) atoms. The summed E-state index contributed by atoms with van der Waals surface area (Å²) in [6.45, 7) is 3.87. The number of piperazine rings is 1. The monoisotopic (exact) mass is 503 g/mol. The van der Waals surface area contributed by atoms with E-state index in [1.165, 1.54) is 5.56 Å². The van der Waals surface area contributed by atoms with Gasteiger partial charge in [0.1, 0.15) is 11.4 Å². The van der Waals surface area contributed by atoms with Crippen molar-refractivity contribution in [2.45, 2.75) is 6.54 Å². The fourth-order valence-electron chi connectivity index (χ4n) is 4.92. The van der Waals surface area contributed by atoms with Crippen LogP contribution in [0.3, 0.4) is 0 Å². The van der Waals surface area contributed by atoms with Crippen LogP contribution in [0.25, 0.3) is 28.2 Å². The predicted molar refractivity (Wildman–Crippen MR) is 148 cm³/mol. The van der Waals surface area contributed by atoms with Crippen LogP contribution in [0.4, 0.5) is 0 Å². The van der Waals surface area contributed by atoms with Crippen LogP contribution >= 0.6 is 0 Å². The van der Waals surface area contributed by atoms with Gasteiger partial charge < -0.3 is 9.64 Å². The van der Waals surface area contributed by atoms with Gasteiger partial charge in [0.05, 0.1) is 18.5 Å². The standard InChI is InChI=1S/C31H29N5O2/c1-38-26-14-8-13-25(19-26)27-20-29(36-30(32-27)21-28(33-36)24-11-6-3-7-12-24)31(37)35-17-15-34(16-18-35)22-23-9-4-2-5-10-23/h2-14,19-21H,15-18,22H2,1H3. The number of aromatic nitrogens is 3. The lowest BCUT2D eigenvalue weighted by molar-refractivity contribution is 0.0620. The molecular formula is C31H29N5O2. The minimum atomic E-state index is -0.0383. The highest BCUT2D eigenvalue weighted by molar-refractivity contribution is 5.94. The first-order chi connectivity index (χ1) is 18.7. The number of ether oxygens (including phenoxy) is 1. The minimum Gasteiger partial charge on any atom is -0.497 e. The van der Waals surface area contributed by atoms with Crippen molar-refractivity contribution in [3.63, 3.8) is 0 Å². The molecule has 7 nitrogen and oxygen atoms in total. The Morgan fingerprint density at radius 1 is 0.789 bits per heavy atom. The third-order valence-electron chi connectivity index (χ3n) is 6.99.